The van der Waals surface area contributed by atoms with Gasteiger partial charge in [-0.25, -0.2) is 0 Å². The molecule has 2 heterocycles. The Hall–Kier alpha value is -1.62. The molecule has 21 heavy (non-hydrogen) atoms. The van der Waals surface area contributed by atoms with Crippen molar-refractivity contribution in [3.8, 4) is 5.75 Å². The van der Waals surface area contributed by atoms with E-state index in [0.29, 0.717) is 6.54 Å². The van der Waals surface area contributed by atoms with E-state index in [1.165, 1.54) is 0 Å². The van der Waals surface area contributed by atoms with Gasteiger partial charge < -0.3 is 9.84 Å². The number of carbonyl (C=O) groups is 1. The summed E-state index contributed by atoms with van der Waals surface area (Å²) in [5.74, 6) is 0.121. The highest BCUT2D eigenvalue weighted by molar-refractivity contribution is 5.73. The molecule has 1 saturated heterocycles. The van der Waals surface area contributed by atoms with Crippen molar-refractivity contribution in [1.82, 2.24) is 9.88 Å². The van der Waals surface area contributed by atoms with Crippen molar-refractivity contribution in [2.75, 3.05) is 13.7 Å². The quantitative estimate of drug-likeness (QED) is 0.924. The number of aryl methyl sites for hydroxylation is 1. The number of pyridine rings is 1. The number of ether oxygens (including phenoxy) is 1. The molecular weight excluding hydrogens is 268 g/mol. The topological polar surface area (TPSA) is 62.7 Å². The van der Waals surface area contributed by atoms with Gasteiger partial charge in [0.2, 0.25) is 0 Å². The van der Waals surface area contributed by atoms with Crippen molar-refractivity contribution in [3.63, 3.8) is 0 Å². The Morgan fingerprint density at radius 2 is 2.19 bits per heavy atom. The van der Waals surface area contributed by atoms with Crippen LogP contribution in [0.1, 0.15) is 42.5 Å². The van der Waals surface area contributed by atoms with Gasteiger partial charge in [-0.05, 0) is 33.2 Å². The average Bonchev–Trinajstić information content (AvgIpc) is 2.68. The first-order chi connectivity index (χ1) is 10.0. The first kappa shape index (κ1) is 15.8. The smallest absolute Gasteiger partial charge is 0.320 e. The van der Waals surface area contributed by atoms with E-state index in [4.69, 9.17) is 4.74 Å². The summed E-state index contributed by atoms with van der Waals surface area (Å²) in [5, 5.41) is 9.44. The molecular formula is C16H24N2O3. The summed E-state index contributed by atoms with van der Waals surface area (Å²) in [6.45, 7) is 5.34. The lowest BCUT2D eigenvalue weighted by Crippen LogP contribution is -2.40. The molecule has 1 fully saturated rings. The van der Waals surface area contributed by atoms with Crippen LogP contribution in [0.25, 0.3) is 0 Å². The zero-order chi connectivity index (χ0) is 15.4. The van der Waals surface area contributed by atoms with Gasteiger partial charge in [0.05, 0.1) is 12.8 Å². The minimum atomic E-state index is -0.728. The normalized spacial score (nSPS) is 20.0. The van der Waals surface area contributed by atoms with Gasteiger partial charge >= 0.3 is 5.97 Å². The molecule has 0 amide bonds. The number of aliphatic carboxylic acids is 1. The number of methoxy groups -OCH3 is 1. The second-order valence-corrected chi connectivity index (χ2v) is 5.72. The molecule has 0 spiro atoms. The second-order valence-electron chi connectivity index (χ2n) is 5.72. The molecule has 1 aromatic heterocycles. The molecule has 1 N–H and O–H groups in total. The van der Waals surface area contributed by atoms with Crippen LogP contribution in [0.5, 0.6) is 5.75 Å². The van der Waals surface area contributed by atoms with Crippen LogP contribution in [-0.2, 0) is 11.3 Å². The number of hydrogen-bond acceptors (Lipinski definition) is 4. The number of hydrogen-bond donors (Lipinski definition) is 1. The number of carboxylic acid groups (broad SMARTS) is 1. The fourth-order valence-corrected chi connectivity index (χ4v) is 3.06. The molecule has 0 aliphatic carbocycles. The highest BCUT2D eigenvalue weighted by atomic mass is 16.5. The lowest BCUT2D eigenvalue weighted by Gasteiger charge is -2.27. The molecule has 0 bridgehead atoms. The van der Waals surface area contributed by atoms with Crippen LogP contribution in [-0.4, -0.2) is 40.7 Å². The van der Waals surface area contributed by atoms with Crippen LogP contribution in [0.2, 0.25) is 0 Å². The Morgan fingerprint density at radius 1 is 1.43 bits per heavy atom. The number of rotatable bonds is 4. The predicted octanol–water partition coefficient (Wildman–Crippen LogP) is 2.54. The first-order valence-corrected chi connectivity index (χ1v) is 7.50. The molecule has 1 unspecified atom stereocenters. The Bertz CT molecular complexity index is 516. The fourth-order valence-electron chi connectivity index (χ4n) is 3.06. The van der Waals surface area contributed by atoms with Gasteiger partial charge in [-0.2, -0.15) is 0 Å². The van der Waals surface area contributed by atoms with Gasteiger partial charge in [0.1, 0.15) is 11.8 Å². The van der Waals surface area contributed by atoms with Crippen LogP contribution in [0.3, 0.4) is 0 Å². The molecule has 0 aromatic carbocycles. The molecule has 1 aliphatic rings. The van der Waals surface area contributed by atoms with E-state index in [0.717, 1.165) is 54.8 Å². The van der Waals surface area contributed by atoms with Crippen LogP contribution < -0.4 is 4.74 Å². The molecule has 0 radical (unpaired) electrons. The molecule has 0 saturated carbocycles. The van der Waals surface area contributed by atoms with Crippen LogP contribution in [0, 0.1) is 13.8 Å². The fraction of sp³-hybridized carbons (Fsp3) is 0.625. The Kier molecular flexibility index (Phi) is 5.17. The lowest BCUT2D eigenvalue weighted by molar-refractivity contribution is -0.143. The van der Waals surface area contributed by atoms with Gasteiger partial charge in [0.25, 0.3) is 0 Å². The van der Waals surface area contributed by atoms with Crippen molar-refractivity contribution in [3.05, 3.63) is 23.0 Å². The molecule has 1 aliphatic heterocycles. The SMILES string of the molecule is COc1c(C)cnc(CN2CCCCCC2C(=O)O)c1C. The van der Waals surface area contributed by atoms with Crippen LogP contribution in [0.15, 0.2) is 6.20 Å². The van der Waals surface area contributed by atoms with Gasteiger partial charge in [-0.1, -0.05) is 12.8 Å². The summed E-state index contributed by atoms with van der Waals surface area (Å²) in [6, 6.07) is -0.402. The standard InChI is InChI=1S/C16H24N2O3/c1-11-9-17-13(12(2)15(11)21-3)10-18-8-6-4-5-7-14(18)16(19)20/h9,14H,4-8,10H2,1-3H3,(H,19,20). The molecule has 2 rings (SSSR count). The zero-order valence-electron chi connectivity index (χ0n) is 13.1. The zero-order valence-corrected chi connectivity index (χ0v) is 13.1. The molecule has 5 heteroatoms. The van der Waals surface area contributed by atoms with E-state index in [-0.39, 0.29) is 0 Å². The largest absolute Gasteiger partial charge is 0.496 e. The number of aromatic nitrogens is 1. The summed E-state index contributed by atoms with van der Waals surface area (Å²) in [4.78, 5) is 18.0. The highest BCUT2D eigenvalue weighted by Gasteiger charge is 2.28. The summed E-state index contributed by atoms with van der Waals surface area (Å²) >= 11 is 0. The predicted molar refractivity (Wildman–Crippen MR) is 80.6 cm³/mol. The van der Waals surface area contributed by atoms with Crippen molar-refractivity contribution in [1.29, 1.82) is 0 Å². The Labute approximate surface area is 125 Å². The summed E-state index contributed by atoms with van der Waals surface area (Å²) in [7, 11) is 1.66. The van der Waals surface area contributed by atoms with Crippen LogP contribution in [0.4, 0.5) is 0 Å². The third kappa shape index (κ3) is 3.53. The van der Waals surface area contributed by atoms with Gasteiger partial charge in [0.15, 0.2) is 0 Å². The Balaban J connectivity index is 2.24. The molecule has 5 nitrogen and oxygen atoms in total. The third-order valence-electron chi connectivity index (χ3n) is 4.25. The Morgan fingerprint density at radius 3 is 2.86 bits per heavy atom. The van der Waals surface area contributed by atoms with Crippen molar-refractivity contribution in [2.45, 2.75) is 52.1 Å². The van der Waals surface area contributed by atoms with Crippen molar-refractivity contribution < 1.29 is 14.6 Å². The summed E-state index contributed by atoms with van der Waals surface area (Å²) in [6.07, 6.45) is 5.65. The monoisotopic (exact) mass is 292 g/mol. The van der Waals surface area contributed by atoms with E-state index in [1.54, 1.807) is 13.3 Å². The minimum Gasteiger partial charge on any atom is -0.496 e. The van der Waals surface area contributed by atoms with Gasteiger partial charge in [-0.15, -0.1) is 0 Å². The summed E-state index contributed by atoms with van der Waals surface area (Å²) in [5.41, 5.74) is 2.92. The van der Waals surface area contributed by atoms with E-state index in [1.807, 2.05) is 18.7 Å². The maximum atomic E-state index is 11.5. The lowest BCUT2D eigenvalue weighted by atomic mass is 10.1. The summed E-state index contributed by atoms with van der Waals surface area (Å²) < 4.78 is 5.43. The van der Waals surface area contributed by atoms with E-state index < -0.39 is 12.0 Å². The van der Waals surface area contributed by atoms with Crippen molar-refractivity contribution in [2.24, 2.45) is 0 Å². The minimum absolute atomic E-state index is 0.402. The number of likely N-dealkylation sites (tertiary alicyclic amines) is 1. The third-order valence-corrected chi connectivity index (χ3v) is 4.25. The second kappa shape index (κ2) is 6.89. The molecule has 1 aromatic rings. The van der Waals surface area contributed by atoms with Crippen molar-refractivity contribution >= 4 is 5.97 Å². The maximum absolute atomic E-state index is 11.5. The van der Waals surface area contributed by atoms with E-state index in [9.17, 15) is 9.90 Å². The highest BCUT2D eigenvalue weighted by Crippen LogP contribution is 2.26. The van der Waals surface area contributed by atoms with Gasteiger partial charge in [0, 0.05) is 23.9 Å². The molecule has 116 valence electrons. The number of nitrogens with zero attached hydrogens (tertiary/aromatic N) is 2. The molecule has 1 atom stereocenters. The average molecular weight is 292 g/mol. The number of carboxylic acids is 1. The first-order valence-electron chi connectivity index (χ1n) is 7.50. The maximum Gasteiger partial charge on any atom is 0.320 e. The van der Waals surface area contributed by atoms with Gasteiger partial charge in [-0.3, -0.25) is 14.7 Å². The van der Waals surface area contributed by atoms with E-state index in [2.05, 4.69) is 4.98 Å². The van der Waals surface area contributed by atoms with E-state index >= 15 is 0 Å². The van der Waals surface area contributed by atoms with Crippen LogP contribution >= 0.6 is 0 Å².